The predicted octanol–water partition coefficient (Wildman–Crippen LogP) is 2.76. The molecule has 1 amide bonds. The van der Waals surface area contributed by atoms with E-state index in [1.165, 1.54) is 40.7 Å². The number of nitrogens with zero attached hydrogens (tertiary/aromatic N) is 2. The first-order chi connectivity index (χ1) is 12.9. The van der Waals surface area contributed by atoms with Crippen molar-refractivity contribution < 1.29 is 17.6 Å². The van der Waals surface area contributed by atoms with Gasteiger partial charge in [0.1, 0.15) is 5.82 Å². The van der Waals surface area contributed by atoms with Gasteiger partial charge in [-0.25, -0.2) is 18.2 Å². The number of benzene rings is 2. The van der Waals surface area contributed by atoms with Crippen LogP contribution < -0.4 is 5.43 Å². The molecule has 1 aliphatic heterocycles. The van der Waals surface area contributed by atoms with E-state index in [9.17, 15) is 17.6 Å². The number of amides is 1. The summed E-state index contributed by atoms with van der Waals surface area (Å²) in [7, 11) is -3.59. The molecule has 142 valence electrons. The first-order valence-electron chi connectivity index (χ1n) is 8.59. The van der Waals surface area contributed by atoms with Crippen LogP contribution in [-0.2, 0) is 10.0 Å². The predicted molar refractivity (Wildman–Crippen MR) is 101 cm³/mol. The molecule has 27 heavy (non-hydrogen) atoms. The number of hydrazone groups is 1. The van der Waals surface area contributed by atoms with Crippen molar-refractivity contribution in [3.05, 3.63) is 65.5 Å². The highest BCUT2D eigenvalue weighted by Gasteiger charge is 2.27. The van der Waals surface area contributed by atoms with Crippen molar-refractivity contribution in [3.63, 3.8) is 0 Å². The van der Waals surface area contributed by atoms with E-state index in [2.05, 4.69) is 10.5 Å². The van der Waals surface area contributed by atoms with Gasteiger partial charge in [0.05, 0.1) is 10.6 Å². The van der Waals surface area contributed by atoms with E-state index >= 15 is 0 Å². The molecule has 2 aromatic carbocycles. The van der Waals surface area contributed by atoms with Crippen LogP contribution in [0.2, 0.25) is 0 Å². The first-order valence-corrected chi connectivity index (χ1v) is 10.0. The average Bonchev–Trinajstić information content (AvgIpc) is 3.22. The number of hydrogen-bond acceptors (Lipinski definition) is 4. The van der Waals surface area contributed by atoms with Gasteiger partial charge in [-0.05, 0) is 55.7 Å². The minimum absolute atomic E-state index is 0.0938. The maximum absolute atomic E-state index is 13.0. The van der Waals surface area contributed by atoms with Gasteiger partial charge in [-0.1, -0.05) is 18.2 Å². The Kier molecular flexibility index (Phi) is 5.67. The summed E-state index contributed by atoms with van der Waals surface area (Å²) in [4.78, 5) is 12.4. The monoisotopic (exact) mass is 389 g/mol. The van der Waals surface area contributed by atoms with Crippen LogP contribution in [0.15, 0.2) is 58.5 Å². The second-order valence-electron chi connectivity index (χ2n) is 6.28. The van der Waals surface area contributed by atoms with Crippen molar-refractivity contribution in [1.82, 2.24) is 9.73 Å². The zero-order valence-corrected chi connectivity index (χ0v) is 15.7. The van der Waals surface area contributed by atoms with Gasteiger partial charge >= 0.3 is 0 Å². The topological polar surface area (TPSA) is 78.8 Å². The van der Waals surface area contributed by atoms with E-state index in [-0.39, 0.29) is 16.3 Å². The Balaban J connectivity index is 1.75. The molecular formula is C19H20FN3O3S. The van der Waals surface area contributed by atoms with Crippen molar-refractivity contribution in [2.24, 2.45) is 5.10 Å². The molecule has 6 nitrogen and oxygen atoms in total. The SMILES string of the molecule is CC(=NNC(=O)c1cccc(S(=O)(=O)N2CCCC2)c1)c1ccc(F)cc1. The number of carbonyl (C=O) groups is 1. The van der Waals surface area contributed by atoms with Crippen molar-refractivity contribution in [2.75, 3.05) is 13.1 Å². The molecule has 0 aliphatic carbocycles. The molecule has 3 rings (SSSR count). The van der Waals surface area contributed by atoms with E-state index < -0.39 is 15.9 Å². The largest absolute Gasteiger partial charge is 0.271 e. The number of sulfonamides is 1. The molecule has 1 aliphatic rings. The lowest BCUT2D eigenvalue weighted by molar-refractivity contribution is 0.0954. The maximum atomic E-state index is 13.0. The summed E-state index contributed by atoms with van der Waals surface area (Å²) in [5.74, 6) is -0.874. The summed E-state index contributed by atoms with van der Waals surface area (Å²) in [5, 5.41) is 4.00. The highest BCUT2D eigenvalue weighted by molar-refractivity contribution is 7.89. The van der Waals surface area contributed by atoms with E-state index in [1.54, 1.807) is 19.1 Å². The van der Waals surface area contributed by atoms with Gasteiger partial charge in [-0.2, -0.15) is 9.41 Å². The number of nitrogens with one attached hydrogen (secondary N) is 1. The summed E-state index contributed by atoms with van der Waals surface area (Å²) >= 11 is 0. The van der Waals surface area contributed by atoms with Gasteiger partial charge in [-0.3, -0.25) is 4.79 Å². The Labute approximate surface area is 157 Å². The van der Waals surface area contributed by atoms with Crippen LogP contribution >= 0.6 is 0 Å². The van der Waals surface area contributed by atoms with E-state index in [4.69, 9.17) is 0 Å². The fourth-order valence-corrected chi connectivity index (χ4v) is 4.39. The summed E-state index contributed by atoms with van der Waals surface area (Å²) in [6.45, 7) is 2.68. The Morgan fingerprint density at radius 3 is 2.41 bits per heavy atom. The van der Waals surface area contributed by atoms with Gasteiger partial charge in [0.25, 0.3) is 5.91 Å². The molecule has 0 spiro atoms. The Morgan fingerprint density at radius 2 is 1.74 bits per heavy atom. The van der Waals surface area contributed by atoms with E-state index in [0.29, 0.717) is 24.4 Å². The Bertz CT molecular complexity index is 966. The third-order valence-corrected chi connectivity index (χ3v) is 6.28. The van der Waals surface area contributed by atoms with Gasteiger partial charge < -0.3 is 0 Å². The van der Waals surface area contributed by atoms with Crippen LogP contribution in [-0.4, -0.2) is 37.4 Å². The molecule has 2 aromatic rings. The molecule has 1 heterocycles. The Morgan fingerprint density at radius 1 is 1.07 bits per heavy atom. The molecular weight excluding hydrogens is 369 g/mol. The zero-order chi connectivity index (χ0) is 19.4. The minimum atomic E-state index is -3.59. The van der Waals surface area contributed by atoms with Crippen LogP contribution in [0.4, 0.5) is 4.39 Å². The molecule has 1 N–H and O–H groups in total. The number of hydrogen-bond donors (Lipinski definition) is 1. The number of carbonyl (C=O) groups excluding carboxylic acids is 1. The third kappa shape index (κ3) is 4.40. The second kappa shape index (κ2) is 7.98. The second-order valence-corrected chi connectivity index (χ2v) is 8.22. The summed E-state index contributed by atoms with van der Waals surface area (Å²) in [5.41, 5.74) is 3.78. The van der Waals surface area contributed by atoms with Crippen molar-refractivity contribution in [2.45, 2.75) is 24.7 Å². The highest BCUT2D eigenvalue weighted by Crippen LogP contribution is 2.21. The molecule has 8 heteroatoms. The van der Waals surface area contributed by atoms with Crippen molar-refractivity contribution in [1.29, 1.82) is 0 Å². The standard InChI is InChI=1S/C19H20FN3O3S/c1-14(15-7-9-17(20)10-8-15)21-22-19(24)16-5-4-6-18(13-16)27(25,26)23-11-2-3-12-23/h4-10,13H,2-3,11-12H2,1H3,(H,22,24). The van der Waals surface area contributed by atoms with Crippen LogP contribution in [0.5, 0.6) is 0 Å². The lowest BCUT2D eigenvalue weighted by Gasteiger charge is -2.15. The lowest BCUT2D eigenvalue weighted by atomic mass is 10.1. The molecule has 0 saturated carbocycles. The summed E-state index contributed by atoms with van der Waals surface area (Å²) in [6, 6.07) is 11.6. The normalized spacial score (nSPS) is 15.7. The van der Waals surface area contributed by atoms with Crippen molar-refractivity contribution in [3.8, 4) is 0 Å². The fraction of sp³-hybridized carbons (Fsp3) is 0.263. The molecule has 0 unspecified atom stereocenters. The van der Waals surface area contributed by atoms with Crippen LogP contribution in [0.1, 0.15) is 35.7 Å². The summed E-state index contributed by atoms with van der Waals surface area (Å²) in [6.07, 6.45) is 1.69. The zero-order valence-electron chi connectivity index (χ0n) is 14.9. The average molecular weight is 389 g/mol. The van der Waals surface area contributed by atoms with E-state index in [0.717, 1.165) is 12.8 Å². The molecule has 0 atom stereocenters. The lowest BCUT2D eigenvalue weighted by Crippen LogP contribution is -2.28. The third-order valence-electron chi connectivity index (χ3n) is 4.39. The highest BCUT2D eigenvalue weighted by atomic mass is 32.2. The Hall–Kier alpha value is -2.58. The molecule has 1 saturated heterocycles. The number of halogens is 1. The van der Waals surface area contributed by atoms with Crippen LogP contribution in [0.3, 0.4) is 0 Å². The van der Waals surface area contributed by atoms with Crippen molar-refractivity contribution >= 4 is 21.6 Å². The van der Waals surface area contributed by atoms with Gasteiger partial charge in [0, 0.05) is 18.7 Å². The summed E-state index contributed by atoms with van der Waals surface area (Å²) < 4.78 is 39.6. The van der Waals surface area contributed by atoms with E-state index in [1.807, 2.05) is 0 Å². The molecule has 0 radical (unpaired) electrons. The van der Waals surface area contributed by atoms with Crippen LogP contribution in [0, 0.1) is 5.82 Å². The van der Waals surface area contributed by atoms with Gasteiger partial charge in [-0.15, -0.1) is 0 Å². The fourth-order valence-electron chi connectivity index (χ4n) is 2.83. The maximum Gasteiger partial charge on any atom is 0.271 e. The van der Waals surface area contributed by atoms with Crippen LogP contribution in [0.25, 0.3) is 0 Å². The smallest absolute Gasteiger partial charge is 0.267 e. The molecule has 1 fully saturated rings. The van der Waals surface area contributed by atoms with Gasteiger partial charge in [0.15, 0.2) is 0 Å². The number of rotatable bonds is 5. The first kappa shape index (κ1) is 19.2. The minimum Gasteiger partial charge on any atom is -0.267 e. The molecule has 0 aromatic heterocycles. The molecule has 0 bridgehead atoms. The quantitative estimate of drug-likeness (QED) is 0.631. The van der Waals surface area contributed by atoms with Gasteiger partial charge in [0.2, 0.25) is 10.0 Å².